The second-order valence-electron chi connectivity index (χ2n) is 5.30. The molecule has 2 rings (SSSR count). The van der Waals surface area contributed by atoms with Crippen LogP contribution in [0.2, 0.25) is 0 Å². The molecule has 0 atom stereocenters. The molecule has 1 heterocycles. The van der Waals surface area contributed by atoms with Crippen LogP contribution < -0.4 is 5.73 Å². The average molecular weight is 293 g/mol. The molecule has 114 valence electrons. The van der Waals surface area contributed by atoms with E-state index in [0.29, 0.717) is 16.9 Å². The third-order valence-corrected chi connectivity index (χ3v) is 3.58. The van der Waals surface area contributed by atoms with Crippen molar-refractivity contribution in [2.45, 2.75) is 39.0 Å². The largest absolute Gasteiger partial charge is 0.383 e. The zero-order valence-electron chi connectivity index (χ0n) is 12.5. The normalized spacial score (nSPS) is 11.0. The molecule has 0 spiro atoms. The molecular formula is C16H21F2N3. The standard InChI is InChI=1S/C16H21F2N3/c1-3-4-5-6-7-14-15(16(19)21(2)20-14)11-8-12(17)10-13(18)9-11/h8-10H,3-7,19H2,1-2H3. The Kier molecular flexibility index (Phi) is 4.94. The molecule has 1 aromatic heterocycles. The lowest BCUT2D eigenvalue weighted by Crippen LogP contribution is -1.98. The molecule has 0 fully saturated rings. The molecule has 2 aromatic rings. The summed E-state index contributed by atoms with van der Waals surface area (Å²) in [5, 5.41) is 4.39. The lowest BCUT2D eigenvalue weighted by atomic mass is 10.0. The third kappa shape index (κ3) is 3.60. The van der Waals surface area contributed by atoms with Crippen molar-refractivity contribution in [3.8, 4) is 11.1 Å². The smallest absolute Gasteiger partial charge is 0.129 e. The summed E-state index contributed by atoms with van der Waals surface area (Å²) in [5.74, 6) is -0.777. The maximum absolute atomic E-state index is 13.4. The number of aromatic nitrogens is 2. The Hall–Kier alpha value is -1.91. The molecule has 0 saturated carbocycles. The Balaban J connectivity index is 2.33. The minimum atomic E-state index is -0.606. The molecule has 0 amide bonds. The second-order valence-corrected chi connectivity index (χ2v) is 5.30. The van der Waals surface area contributed by atoms with E-state index in [1.54, 1.807) is 11.7 Å². The van der Waals surface area contributed by atoms with E-state index >= 15 is 0 Å². The average Bonchev–Trinajstić information content (AvgIpc) is 2.69. The summed E-state index contributed by atoms with van der Waals surface area (Å²) in [6.07, 6.45) is 5.20. The molecule has 1 aromatic carbocycles. The highest BCUT2D eigenvalue weighted by Gasteiger charge is 2.17. The first kappa shape index (κ1) is 15.5. The van der Waals surface area contributed by atoms with Crippen molar-refractivity contribution < 1.29 is 8.78 Å². The van der Waals surface area contributed by atoms with Gasteiger partial charge in [0.05, 0.1) is 5.69 Å². The van der Waals surface area contributed by atoms with E-state index in [0.717, 1.165) is 37.4 Å². The third-order valence-electron chi connectivity index (χ3n) is 3.58. The number of anilines is 1. The highest BCUT2D eigenvalue weighted by molar-refractivity contribution is 5.76. The summed E-state index contributed by atoms with van der Waals surface area (Å²) in [7, 11) is 1.74. The van der Waals surface area contributed by atoms with E-state index < -0.39 is 11.6 Å². The van der Waals surface area contributed by atoms with Crippen molar-refractivity contribution in [3.05, 3.63) is 35.5 Å². The Bertz CT molecular complexity index is 600. The maximum atomic E-state index is 13.4. The molecule has 0 radical (unpaired) electrons. The number of rotatable bonds is 6. The number of nitrogens with zero attached hydrogens (tertiary/aromatic N) is 2. The van der Waals surface area contributed by atoms with Crippen molar-refractivity contribution in [2.24, 2.45) is 7.05 Å². The molecule has 21 heavy (non-hydrogen) atoms. The quantitative estimate of drug-likeness (QED) is 0.816. The molecule has 0 saturated heterocycles. The summed E-state index contributed by atoms with van der Waals surface area (Å²) in [4.78, 5) is 0. The van der Waals surface area contributed by atoms with E-state index in [-0.39, 0.29) is 0 Å². The van der Waals surface area contributed by atoms with Gasteiger partial charge in [0.1, 0.15) is 17.5 Å². The van der Waals surface area contributed by atoms with Crippen LogP contribution in [0.4, 0.5) is 14.6 Å². The van der Waals surface area contributed by atoms with Gasteiger partial charge < -0.3 is 5.73 Å². The number of unbranched alkanes of at least 4 members (excludes halogenated alkanes) is 3. The number of benzene rings is 1. The number of hydrogen-bond donors (Lipinski definition) is 1. The van der Waals surface area contributed by atoms with E-state index in [9.17, 15) is 8.78 Å². The molecule has 0 bridgehead atoms. The first-order chi connectivity index (χ1) is 10.0. The fourth-order valence-corrected chi connectivity index (χ4v) is 2.50. The minimum absolute atomic E-state index is 0.436. The van der Waals surface area contributed by atoms with E-state index in [1.807, 2.05) is 0 Å². The zero-order chi connectivity index (χ0) is 15.4. The number of nitrogens with two attached hydrogens (primary N) is 1. The Morgan fingerprint density at radius 2 is 1.76 bits per heavy atom. The van der Waals surface area contributed by atoms with E-state index in [2.05, 4.69) is 12.0 Å². The predicted molar refractivity (Wildman–Crippen MR) is 80.8 cm³/mol. The molecule has 2 N–H and O–H groups in total. The van der Waals surface area contributed by atoms with Gasteiger partial charge in [-0.15, -0.1) is 0 Å². The van der Waals surface area contributed by atoms with Crippen LogP contribution in [0.25, 0.3) is 11.1 Å². The minimum Gasteiger partial charge on any atom is -0.383 e. The Labute approximate surface area is 123 Å². The van der Waals surface area contributed by atoms with Crippen LogP contribution >= 0.6 is 0 Å². The van der Waals surface area contributed by atoms with Crippen molar-refractivity contribution in [2.75, 3.05) is 5.73 Å². The lowest BCUT2D eigenvalue weighted by molar-refractivity contribution is 0.584. The van der Waals surface area contributed by atoms with Crippen LogP contribution in [0.15, 0.2) is 18.2 Å². The van der Waals surface area contributed by atoms with Crippen molar-refractivity contribution in [1.29, 1.82) is 0 Å². The SMILES string of the molecule is CCCCCCc1nn(C)c(N)c1-c1cc(F)cc(F)c1. The Morgan fingerprint density at radius 1 is 1.10 bits per heavy atom. The van der Waals surface area contributed by atoms with Crippen molar-refractivity contribution >= 4 is 5.82 Å². The van der Waals surface area contributed by atoms with Crippen LogP contribution in [0.5, 0.6) is 0 Å². The number of hydrogen-bond acceptors (Lipinski definition) is 2. The van der Waals surface area contributed by atoms with Gasteiger partial charge in [0, 0.05) is 18.7 Å². The summed E-state index contributed by atoms with van der Waals surface area (Å²) >= 11 is 0. The fourth-order valence-electron chi connectivity index (χ4n) is 2.50. The Morgan fingerprint density at radius 3 is 2.38 bits per heavy atom. The van der Waals surface area contributed by atoms with Gasteiger partial charge in [-0.3, -0.25) is 4.68 Å². The first-order valence-corrected chi connectivity index (χ1v) is 7.30. The summed E-state index contributed by atoms with van der Waals surface area (Å²) < 4.78 is 28.4. The van der Waals surface area contributed by atoms with Gasteiger partial charge in [-0.1, -0.05) is 26.2 Å². The van der Waals surface area contributed by atoms with Gasteiger partial charge in [-0.05, 0) is 30.5 Å². The molecule has 5 heteroatoms. The monoisotopic (exact) mass is 293 g/mol. The molecule has 3 nitrogen and oxygen atoms in total. The van der Waals surface area contributed by atoms with Crippen molar-refractivity contribution in [1.82, 2.24) is 9.78 Å². The topological polar surface area (TPSA) is 43.8 Å². The predicted octanol–water partition coefficient (Wildman–Crippen LogP) is 4.07. The molecule has 0 aliphatic carbocycles. The van der Waals surface area contributed by atoms with Gasteiger partial charge in [0.15, 0.2) is 0 Å². The van der Waals surface area contributed by atoms with Crippen LogP contribution in [-0.4, -0.2) is 9.78 Å². The van der Waals surface area contributed by atoms with Gasteiger partial charge in [-0.2, -0.15) is 5.10 Å². The van der Waals surface area contributed by atoms with Gasteiger partial charge in [-0.25, -0.2) is 8.78 Å². The summed E-state index contributed by atoms with van der Waals surface area (Å²) in [5.41, 5.74) is 7.92. The van der Waals surface area contributed by atoms with Gasteiger partial charge >= 0.3 is 0 Å². The van der Waals surface area contributed by atoms with E-state index in [1.165, 1.54) is 18.6 Å². The molecule has 0 aliphatic heterocycles. The van der Waals surface area contributed by atoms with E-state index in [4.69, 9.17) is 5.73 Å². The zero-order valence-corrected chi connectivity index (χ0v) is 12.5. The van der Waals surface area contributed by atoms with Gasteiger partial charge in [0.25, 0.3) is 0 Å². The van der Waals surface area contributed by atoms with Crippen LogP contribution in [0.3, 0.4) is 0 Å². The maximum Gasteiger partial charge on any atom is 0.129 e. The first-order valence-electron chi connectivity index (χ1n) is 7.30. The highest BCUT2D eigenvalue weighted by atomic mass is 19.1. The van der Waals surface area contributed by atoms with Crippen molar-refractivity contribution in [3.63, 3.8) is 0 Å². The molecule has 0 unspecified atom stereocenters. The summed E-state index contributed by atoms with van der Waals surface area (Å²) in [6, 6.07) is 3.45. The second kappa shape index (κ2) is 6.70. The van der Waals surface area contributed by atoms with Crippen LogP contribution in [0, 0.1) is 11.6 Å². The number of nitrogen functional groups attached to an aromatic ring is 1. The lowest BCUT2D eigenvalue weighted by Gasteiger charge is -2.05. The molecular weight excluding hydrogens is 272 g/mol. The number of halogens is 2. The van der Waals surface area contributed by atoms with Gasteiger partial charge in [0.2, 0.25) is 0 Å². The fraction of sp³-hybridized carbons (Fsp3) is 0.438. The van der Waals surface area contributed by atoms with Crippen LogP contribution in [-0.2, 0) is 13.5 Å². The van der Waals surface area contributed by atoms with Crippen LogP contribution in [0.1, 0.15) is 38.3 Å². The summed E-state index contributed by atoms with van der Waals surface area (Å²) in [6.45, 7) is 2.15. The number of aryl methyl sites for hydroxylation is 2. The highest BCUT2D eigenvalue weighted by Crippen LogP contribution is 2.31. The molecule has 0 aliphatic rings.